The van der Waals surface area contributed by atoms with Crippen LogP contribution in [0.15, 0.2) is 29.1 Å². The molecule has 0 unspecified atom stereocenters. The molecule has 0 bridgehead atoms. The third-order valence-electron chi connectivity index (χ3n) is 2.79. The number of carbonyl (C=O) groups is 1. The summed E-state index contributed by atoms with van der Waals surface area (Å²) in [5, 5.41) is 10.6. The highest BCUT2D eigenvalue weighted by molar-refractivity contribution is 5.93. The molecule has 0 saturated carbocycles. The Bertz CT molecular complexity index is 730. The summed E-state index contributed by atoms with van der Waals surface area (Å²) in [6.45, 7) is 2.02. The molecule has 96 valence electrons. The number of oxazole rings is 1. The van der Waals surface area contributed by atoms with Gasteiger partial charge in [-0.2, -0.15) is 5.10 Å². The molecule has 0 aromatic carbocycles. The molecule has 3 aromatic rings. The number of hydrogen-bond donors (Lipinski definition) is 2. The zero-order valence-corrected chi connectivity index (χ0v) is 10.2. The Balaban J connectivity index is 1.76. The predicted octanol–water partition coefficient (Wildman–Crippen LogP) is 1.18. The molecule has 0 atom stereocenters. The Morgan fingerprint density at radius 1 is 1.47 bits per heavy atom. The zero-order valence-electron chi connectivity index (χ0n) is 10.2. The zero-order chi connectivity index (χ0) is 13.2. The Morgan fingerprint density at radius 3 is 3.16 bits per heavy atom. The number of nitrogens with zero attached hydrogens (tertiary/aromatic N) is 3. The quantitative estimate of drug-likeness (QED) is 0.734. The van der Waals surface area contributed by atoms with Gasteiger partial charge in [0.15, 0.2) is 17.7 Å². The molecule has 0 saturated heterocycles. The van der Waals surface area contributed by atoms with Gasteiger partial charge in [0.1, 0.15) is 5.76 Å². The molecule has 2 N–H and O–H groups in total. The largest absolute Gasteiger partial charge is 0.448 e. The van der Waals surface area contributed by atoms with Gasteiger partial charge in [0.25, 0.3) is 5.91 Å². The lowest BCUT2D eigenvalue weighted by molar-refractivity contribution is 0.0944. The van der Waals surface area contributed by atoms with Crippen LogP contribution in [0.5, 0.6) is 0 Å². The van der Waals surface area contributed by atoms with Crippen LogP contribution >= 0.6 is 0 Å². The molecular formula is C12H11N5O2. The van der Waals surface area contributed by atoms with Crippen LogP contribution in [-0.2, 0) is 6.54 Å². The maximum absolute atomic E-state index is 11.9. The van der Waals surface area contributed by atoms with E-state index in [1.807, 2.05) is 12.1 Å². The topological polar surface area (TPSA) is 96.7 Å². The minimum atomic E-state index is -0.280. The number of hydrogen-bond acceptors (Lipinski definition) is 5. The summed E-state index contributed by atoms with van der Waals surface area (Å²) in [5.41, 5.74) is 1.73. The van der Waals surface area contributed by atoms with Gasteiger partial charge < -0.3 is 9.73 Å². The molecule has 0 aliphatic carbocycles. The van der Waals surface area contributed by atoms with Crippen LogP contribution in [0.1, 0.15) is 21.9 Å². The lowest BCUT2D eigenvalue weighted by Gasteiger charge is -2.01. The van der Waals surface area contributed by atoms with Crippen LogP contribution in [0.3, 0.4) is 0 Å². The fourth-order valence-electron chi connectivity index (χ4n) is 1.81. The van der Waals surface area contributed by atoms with Crippen LogP contribution in [0.4, 0.5) is 0 Å². The van der Waals surface area contributed by atoms with E-state index in [2.05, 4.69) is 25.5 Å². The van der Waals surface area contributed by atoms with E-state index in [0.717, 1.165) is 11.1 Å². The number of carbonyl (C=O) groups excluding carboxylic acids is 1. The Kier molecular flexibility index (Phi) is 2.71. The monoisotopic (exact) mass is 257 g/mol. The lowest BCUT2D eigenvalue weighted by atomic mass is 10.2. The molecular weight excluding hydrogens is 246 g/mol. The van der Waals surface area contributed by atoms with E-state index in [-0.39, 0.29) is 5.91 Å². The summed E-state index contributed by atoms with van der Waals surface area (Å²) in [5.74, 6) is 0.214. The summed E-state index contributed by atoms with van der Waals surface area (Å²) in [6.07, 6.45) is 2.92. The average molecular weight is 257 g/mol. The minimum Gasteiger partial charge on any atom is -0.448 e. The third kappa shape index (κ3) is 2.05. The maximum Gasteiger partial charge on any atom is 0.273 e. The van der Waals surface area contributed by atoms with E-state index in [1.54, 1.807) is 13.1 Å². The highest BCUT2D eigenvalue weighted by Crippen LogP contribution is 2.12. The second-order valence-electron chi connectivity index (χ2n) is 4.02. The van der Waals surface area contributed by atoms with Crippen molar-refractivity contribution in [3.63, 3.8) is 0 Å². The molecule has 3 rings (SSSR count). The van der Waals surface area contributed by atoms with Gasteiger partial charge in [-0.15, -0.1) is 0 Å². The fourth-order valence-corrected chi connectivity index (χ4v) is 1.81. The van der Waals surface area contributed by atoms with Crippen LogP contribution < -0.4 is 5.32 Å². The van der Waals surface area contributed by atoms with Crippen molar-refractivity contribution in [1.82, 2.24) is 25.5 Å². The molecule has 0 aliphatic heterocycles. The Morgan fingerprint density at radius 2 is 2.37 bits per heavy atom. The van der Waals surface area contributed by atoms with Crippen LogP contribution in [0, 0.1) is 6.92 Å². The SMILES string of the molecule is Cc1ocnc1C(=O)NCc1[nH]nc2ncccc12. The van der Waals surface area contributed by atoms with Gasteiger partial charge >= 0.3 is 0 Å². The summed E-state index contributed by atoms with van der Waals surface area (Å²) >= 11 is 0. The number of nitrogens with one attached hydrogen (secondary N) is 2. The van der Waals surface area contributed by atoms with Gasteiger partial charge in [-0.3, -0.25) is 9.89 Å². The first kappa shape index (κ1) is 11.4. The molecule has 3 aromatic heterocycles. The summed E-state index contributed by atoms with van der Waals surface area (Å²) < 4.78 is 4.99. The normalized spacial score (nSPS) is 10.8. The Hall–Kier alpha value is -2.70. The second kappa shape index (κ2) is 4.52. The van der Waals surface area contributed by atoms with Crippen molar-refractivity contribution in [2.24, 2.45) is 0 Å². The van der Waals surface area contributed by atoms with Crippen LogP contribution in [-0.4, -0.2) is 26.1 Å². The number of rotatable bonds is 3. The van der Waals surface area contributed by atoms with Crippen LogP contribution in [0.2, 0.25) is 0 Å². The molecule has 7 heteroatoms. The van der Waals surface area contributed by atoms with Crippen molar-refractivity contribution in [2.45, 2.75) is 13.5 Å². The molecule has 0 spiro atoms. The fraction of sp³-hybridized carbons (Fsp3) is 0.167. The second-order valence-corrected chi connectivity index (χ2v) is 4.02. The molecule has 19 heavy (non-hydrogen) atoms. The van der Waals surface area contributed by atoms with E-state index in [4.69, 9.17) is 4.42 Å². The van der Waals surface area contributed by atoms with Crippen molar-refractivity contribution in [3.8, 4) is 0 Å². The van der Waals surface area contributed by atoms with E-state index in [0.29, 0.717) is 23.6 Å². The molecule has 0 radical (unpaired) electrons. The highest BCUT2D eigenvalue weighted by atomic mass is 16.3. The number of amides is 1. The lowest BCUT2D eigenvalue weighted by Crippen LogP contribution is -2.24. The van der Waals surface area contributed by atoms with Gasteiger partial charge in [-0.1, -0.05) is 0 Å². The molecule has 0 fully saturated rings. The number of fused-ring (bicyclic) bond motifs is 1. The predicted molar refractivity (Wildman–Crippen MR) is 66.3 cm³/mol. The summed E-state index contributed by atoms with van der Waals surface area (Å²) in [7, 11) is 0. The number of aryl methyl sites for hydroxylation is 1. The molecule has 1 amide bonds. The van der Waals surface area contributed by atoms with Crippen molar-refractivity contribution >= 4 is 16.9 Å². The highest BCUT2D eigenvalue weighted by Gasteiger charge is 2.14. The molecule has 7 nitrogen and oxygen atoms in total. The summed E-state index contributed by atoms with van der Waals surface area (Å²) in [6, 6.07) is 3.72. The van der Waals surface area contributed by atoms with Gasteiger partial charge in [0.05, 0.1) is 12.2 Å². The van der Waals surface area contributed by atoms with Crippen molar-refractivity contribution < 1.29 is 9.21 Å². The molecule has 3 heterocycles. The number of aromatic nitrogens is 4. The first-order valence-corrected chi connectivity index (χ1v) is 5.72. The van der Waals surface area contributed by atoms with Gasteiger partial charge in [0, 0.05) is 11.6 Å². The number of aromatic amines is 1. The third-order valence-corrected chi connectivity index (χ3v) is 2.79. The number of pyridine rings is 1. The minimum absolute atomic E-state index is 0.280. The van der Waals surface area contributed by atoms with E-state index in [9.17, 15) is 4.79 Å². The van der Waals surface area contributed by atoms with Gasteiger partial charge in [0.2, 0.25) is 0 Å². The van der Waals surface area contributed by atoms with E-state index < -0.39 is 0 Å². The van der Waals surface area contributed by atoms with Crippen LogP contribution in [0.25, 0.3) is 11.0 Å². The van der Waals surface area contributed by atoms with Crippen molar-refractivity contribution in [2.75, 3.05) is 0 Å². The van der Waals surface area contributed by atoms with Gasteiger partial charge in [-0.25, -0.2) is 9.97 Å². The first-order valence-electron chi connectivity index (χ1n) is 5.72. The summed E-state index contributed by atoms with van der Waals surface area (Å²) in [4.78, 5) is 19.8. The van der Waals surface area contributed by atoms with Crippen molar-refractivity contribution in [3.05, 3.63) is 41.9 Å². The number of H-pyrrole nitrogens is 1. The van der Waals surface area contributed by atoms with E-state index >= 15 is 0 Å². The Labute approximate surface area is 108 Å². The smallest absolute Gasteiger partial charge is 0.273 e. The molecule has 0 aliphatic rings. The standard InChI is InChI=1S/C12H11N5O2/c1-7-10(15-6-19-7)12(18)14-5-9-8-3-2-4-13-11(8)17-16-9/h2-4,6H,5H2,1H3,(H,14,18)(H,13,16,17). The van der Waals surface area contributed by atoms with E-state index in [1.165, 1.54) is 6.39 Å². The average Bonchev–Trinajstić information content (AvgIpc) is 3.02. The van der Waals surface area contributed by atoms with Crippen molar-refractivity contribution in [1.29, 1.82) is 0 Å². The first-order chi connectivity index (χ1) is 9.25. The maximum atomic E-state index is 11.9. The van der Waals surface area contributed by atoms with Gasteiger partial charge in [-0.05, 0) is 19.1 Å².